The second-order valence-electron chi connectivity index (χ2n) is 7.61. The van der Waals surface area contributed by atoms with Crippen molar-refractivity contribution in [3.05, 3.63) is 23.3 Å². The highest BCUT2D eigenvalue weighted by molar-refractivity contribution is 6.01. The molecule has 1 aromatic rings. The van der Waals surface area contributed by atoms with Crippen molar-refractivity contribution in [2.45, 2.75) is 83.7 Å². The van der Waals surface area contributed by atoms with Gasteiger partial charge in [0.2, 0.25) is 0 Å². The van der Waals surface area contributed by atoms with Crippen LogP contribution in [0.15, 0.2) is 12.1 Å². The first-order valence-corrected chi connectivity index (χ1v) is 9.67. The van der Waals surface area contributed by atoms with Gasteiger partial charge in [-0.15, -0.1) is 0 Å². The Morgan fingerprint density at radius 3 is 2.88 bits per heavy atom. The van der Waals surface area contributed by atoms with Crippen LogP contribution in [0.4, 0.5) is 0 Å². The summed E-state index contributed by atoms with van der Waals surface area (Å²) in [4.78, 5) is 12.4. The van der Waals surface area contributed by atoms with Gasteiger partial charge in [0.25, 0.3) is 0 Å². The highest BCUT2D eigenvalue weighted by atomic mass is 16.5. The van der Waals surface area contributed by atoms with Gasteiger partial charge in [0.05, 0.1) is 11.7 Å². The minimum absolute atomic E-state index is 0.102. The molecule has 0 aromatic heterocycles. The molecule has 0 radical (unpaired) electrons. The first-order chi connectivity index (χ1) is 11.6. The fourth-order valence-electron chi connectivity index (χ4n) is 4.47. The third-order valence-electron chi connectivity index (χ3n) is 5.71. The maximum Gasteiger partial charge on any atom is 0.167 e. The van der Waals surface area contributed by atoms with Gasteiger partial charge < -0.3 is 9.84 Å². The first-order valence-electron chi connectivity index (χ1n) is 9.67. The molecule has 0 heterocycles. The van der Waals surface area contributed by atoms with Crippen molar-refractivity contribution >= 4 is 5.78 Å². The standard InChI is InChI=1S/C21H30O3/c1-3-4-5-6-8-14(2)24-16-12-18-17-10-7-9-15(17)11-19(22)21(18)20(23)13-16/h12-15,17,23H,3-11H2,1-2H3/t14-,15+,17-/m1/s1. The lowest BCUT2D eigenvalue weighted by Crippen LogP contribution is -2.22. The zero-order valence-electron chi connectivity index (χ0n) is 15.0. The Hall–Kier alpha value is -1.51. The van der Waals surface area contributed by atoms with Gasteiger partial charge in [-0.3, -0.25) is 4.79 Å². The molecule has 1 fully saturated rings. The van der Waals surface area contributed by atoms with Crippen LogP contribution in [0.3, 0.4) is 0 Å². The van der Waals surface area contributed by atoms with E-state index in [1.165, 1.54) is 32.1 Å². The topological polar surface area (TPSA) is 46.5 Å². The van der Waals surface area contributed by atoms with E-state index in [-0.39, 0.29) is 17.6 Å². The molecular weight excluding hydrogens is 300 g/mol. The van der Waals surface area contributed by atoms with Crippen molar-refractivity contribution in [2.75, 3.05) is 0 Å². The number of unbranched alkanes of at least 4 members (excludes halogenated alkanes) is 3. The van der Waals surface area contributed by atoms with Crippen LogP contribution in [-0.4, -0.2) is 17.0 Å². The number of Topliss-reactive ketones (excluding diaryl/α,β-unsaturated/α-hetero) is 1. The van der Waals surface area contributed by atoms with Crippen LogP contribution in [0.25, 0.3) is 0 Å². The van der Waals surface area contributed by atoms with Crippen molar-refractivity contribution in [1.29, 1.82) is 0 Å². The maximum absolute atomic E-state index is 12.4. The molecule has 3 nitrogen and oxygen atoms in total. The molecule has 1 aromatic carbocycles. The van der Waals surface area contributed by atoms with Gasteiger partial charge in [0.1, 0.15) is 11.5 Å². The summed E-state index contributed by atoms with van der Waals surface area (Å²) in [5.41, 5.74) is 1.59. The van der Waals surface area contributed by atoms with Crippen molar-refractivity contribution in [3.63, 3.8) is 0 Å². The smallest absolute Gasteiger partial charge is 0.167 e. The Balaban J connectivity index is 1.73. The second-order valence-corrected chi connectivity index (χ2v) is 7.61. The van der Waals surface area contributed by atoms with Crippen LogP contribution in [0, 0.1) is 5.92 Å². The number of hydrogen-bond acceptors (Lipinski definition) is 3. The average molecular weight is 330 g/mol. The molecule has 3 heteroatoms. The largest absolute Gasteiger partial charge is 0.507 e. The highest BCUT2D eigenvalue weighted by Gasteiger charge is 2.38. The fourth-order valence-corrected chi connectivity index (χ4v) is 4.47. The molecule has 3 atom stereocenters. The lowest BCUT2D eigenvalue weighted by atomic mass is 9.76. The molecule has 0 bridgehead atoms. The molecule has 0 amide bonds. The Kier molecular flexibility index (Phi) is 5.47. The number of carbonyl (C=O) groups excluding carboxylic acids is 1. The summed E-state index contributed by atoms with van der Waals surface area (Å²) in [6, 6.07) is 3.66. The van der Waals surface area contributed by atoms with Gasteiger partial charge in [0, 0.05) is 12.5 Å². The van der Waals surface area contributed by atoms with Crippen LogP contribution in [0.2, 0.25) is 0 Å². The zero-order chi connectivity index (χ0) is 17.1. The molecule has 2 aliphatic rings. The SMILES string of the molecule is CCCCCC[C@@H](C)Oc1cc(O)c2c(c1)[C@@H]1CCC[C@H]1CC2=O. The summed E-state index contributed by atoms with van der Waals surface area (Å²) < 4.78 is 6.05. The van der Waals surface area contributed by atoms with Crippen molar-refractivity contribution in [3.8, 4) is 11.5 Å². The molecule has 132 valence electrons. The van der Waals surface area contributed by atoms with Crippen molar-refractivity contribution < 1.29 is 14.6 Å². The fraction of sp³-hybridized carbons (Fsp3) is 0.667. The molecule has 1 N–H and O–H groups in total. The number of fused-ring (bicyclic) bond motifs is 3. The number of rotatable bonds is 7. The van der Waals surface area contributed by atoms with E-state index in [2.05, 4.69) is 13.8 Å². The Morgan fingerprint density at radius 1 is 1.25 bits per heavy atom. The van der Waals surface area contributed by atoms with Gasteiger partial charge in [-0.1, -0.05) is 32.6 Å². The van der Waals surface area contributed by atoms with Gasteiger partial charge in [0.15, 0.2) is 5.78 Å². The minimum atomic E-state index is 0.102. The Morgan fingerprint density at radius 2 is 2.08 bits per heavy atom. The van der Waals surface area contributed by atoms with Crippen LogP contribution in [-0.2, 0) is 0 Å². The number of phenols is 1. The number of carbonyl (C=O) groups is 1. The number of hydrogen-bond donors (Lipinski definition) is 1. The minimum Gasteiger partial charge on any atom is -0.507 e. The zero-order valence-corrected chi connectivity index (χ0v) is 15.0. The van der Waals surface area contributed by atoms with Gasteiger partial charge in [-0.25, -0.2) is 0 Å². The number of benzene rings is 1. The Bertz CT molecular complexity index is 593. The highest BCUT2D eigenvalue weighted by Crippen LogP contribution is 2.49. The lowest BCUT2D eigenvalue weighted by Gasteiger charge is -2.28. The third kappa shape index (κ3) is 3.60. The summed E-state index contributed by atoms with van der Waals surface area (Å²) >= 11 is 0. The predicted molar refractivity (Wildman–Crippen MR) is 96.0 cm³/mol. The van der Waals surface area contributed by atoms with E-state index >= 15 is 0 Å². The van der Waals surface area contributed by atoms with Crippen molar-refractivity contribution in [1.82, 2.24) is 0 Å². The van der Waals surface area contributed by atoms with Crippen molar-refractivity contribution in [2.24, 2.45) is 5.92 Å². The molecule has 0 saturated heterocycles. The van der Waals surface area contributed by atoms with Crippen LogP contribution >= 0.6 is 0 Å². The van der Waals surface area contributed by atoms with Crippen LogP contribution in [0.1, 0.15) is 93.5 Å². The van der Waals surface area contributed by atoms with Gasteiger partial charge in [-0.2, -0.15) is 0 Å². The monoisotopic (exact) mass is 330 g/mol. The Labute approximate surface area is 145 Å². The number of aromatic hydroxyl groups is 1. The van der Waals surface area contributed by atoms with E-state index in [9.17, 15) is 9.90 Å². The number of phenolic OH excluding ortho intramolecular Hbond substituents is 1. The van der Waals surface area contributed by atoms with Crippen LogP contribution in [0.5, 0.6) is 11.5 Å². The summed E-state index contributed by atoms with van der Waals surface area (Å²) in [7, 11) is 0. The van der Waals surface area contributed by atoms with E-state index < -0.39 is 0 Å². The molecule has 0 unspecified atom stereocenters. The summed E-state index contributed by atoms with van der Waals surface area (Å²) in [5.74, 6) is 1.81. The van der Waals surface area contributed by atoms with E-state index in [0.717, 1.165) is 30.6 Å². The quantitative estimate of drug-likeness (QED) is 0.662. The van der Waals surface area contributed by atoms with Gasteiger partial charge in [-0.05, 0) is 56.1 Å². The normalized spacial score (nSPS) is 23.7. The summed E-state index contributed by atoms with van der Waals surface area (Å²) in [5, 5.41) is 10.4. The molecule has 24 heavy (non-hydrogen) atoms. The summed E-state index contributed by atoms with van der Waals surface area (Å²) in [6.07, 6.45) is 10.1. The molecular formula is C21H30O3. The molecule has 1 saturated carbocycles. The second kappa shape index (κ2) is 7.58. The molecule has 2 aliphatic carbocycles. The van der Waals surface area contributed by atoms with E-state index in [1.54, 1.807) is 6.07 Å². The average Bonchev–Trinajstić information content (AvgIpc) is 2.99. The first kappa shape index (κ1) is 17.3. The molecule has 0 aliphatic heterocycles. The summed E-state index contributed by atoms with van der Waals surface area (Å²) in [6.45, 7) is 4.30. The molecule has 3 rings (SSSR count). The number of ether oxygens (including phenoxy) is 1. The molecule has 0 spiro atoms. The third-order valence-corrected chi connectivity index (χ3v) is 5.71. The number of ketones is 1. The van der Waals surface area contributed by atoms with E-state index in [4.69, 9.17) is 4.74 Å². The lowest BCUT2D eigenvalue weighted by molar-refractivity contribution is 0.0940. The maximum atomic E-state index is 12.4. The van der Waals surface area contributed by atoms with E-state index in [0.29, 0.717) is 23.8 Å². The van der Waals surface area contributed by atoms with Gasteiger partial charge >= 0.3 is 0 Å². The predicted octanol–water partition coefficient (Wildman–Crippen LogP) is 5.60. The van der Waals surface area contributed by atoms with E-state index in [1.807, 2.05) is 6.07 Å². The van der Waals surface area contributed by atoms with Crippen LogP contribution < -0.4 is 4.74 Å².